The van der Waals surface area contributed by atoms with Crippen LogP contribution in [0.25, 0.3) is 0 Å². The molecule has 1 atom stereocenters. The third kappa shape index (κ3) is 3.16. The Bertz CT molecular complexity index is 960. The van der Waals surface area contributed by atoms with Gasteiger partial charge in [0.15, 0.2) is 0 Å². The number of nitrogens with zero attached hydrogens (tertiary/aromatic N) is 4. The number of pyridine rings is 2. The van der Waals surface area contributed by atoms with E-state index in [1.807, 2.05) is 42.9 Å². The third-order valence-corrected chi connectivity index (χ3v) is 5.97. The number of anilines is 1. The number of fused-ring (bicyclic) bond motifs is 2. The standard InChI is InChI=1S/C23H23FN4/c24-20-7-5-18(6-8-20)14-27-12-9-23(16-27)17-28(15-19-3-1-10-25-13-19)21-4-2-11-26-22(21)23/h1-8,10-11,13H,9,12,14-17H2/t23-/m0/s1. The van der Waals surface area contributed by atoms with Crippen LogP contribution in [-0.2, 0) is 18.5 Å². The summed E-state index contributed by atoms with van der Waals surface area (Å²) in [5.41, 5.74) is 4.91. The highest BCUT2D eigenvalue weighted by Gasteiger charge is 2.48. The molecule has 1 spiro atoms. The molecular weight excluding hydrogens is 351 g/mol. The number of hydrogen-bond acceptors (Lipinski definition) is 4. The Morgan fingerprint density at radius 2 is 1.79 bits per heavy atom. The Labute approximate surface area is 164 Å². The van der Waals surface area contributed by atoms with Crippen molar-refractivity contribution in [1.29, 1.82) is 0 Å². The second-order valence-electron chi connectivity index (χ2n) is 7.96. The van der Waals surface area contributed by atoms with Crippen LogP contribution in [0.4, 0.5) is 10.1 Å². The maximum Gasteiger partial charge on any atom is 0.123 e. The highest BCUT2D eigenvalue weighted by Crippen LogP contribution is 2.45. The summed E-state index contributed by atoms with van der Waals surface area (Å²) >= 11 is 0. The van der Waals surface area contributed by atoms with E-state index < -0.39 is 0 Å². The molecule has 28 heavy (non-hydrogen) atoms. The molecule has 3 aromatic rings. The first-order chi connectivity index (χ1) is 13.7. The van der Waals surface area contributed by atoms with Crippen LogP contribution in [0.1, 0.15) is 23.2 Å². The van der Waals surface area contributed by atoms with Crippen molar-refractivity contribution >= 4 is 5.69 Å². The molecule has 2 aromatic heterocycles. The first-order valence-corrected chi connectivity index (χ1v) is 9.78. The van der Waals surface area contributed by atoms with Crippen LogP contribution in [0.2, 0.25) is 0 Å². The average Bonchev–Trinajstić information content (AvgIpc) is 3.26. The average molecular weight is 374 g/mol. The van der Waals surface area contributed by atoms with Gasteiger partial charge in [-0.25, -0.2) is 4.39 Å². The van der Waals surface area contributed by atoms with E-state index in [4.69, 9.17) is 4.98 Å². The summed E-state index contributed by atoms with van der Waals surface area (Å²) in [6.07, 6.45) is 6.77. The second kappa shape index (κ2) is 6.99. The molecule has 0 aliphatic carbocycles. The number of halogens is 1. The van der Waals surface area contributed by atoms with E-state index in [2.05, 4.69) is 26.9 Å². The molecule has 2 aliphatic heterocycles. The Morgan fingerprint density at radius 1 is 0.929 bits per heavy atom. The van der Waals surface area contributed by atoms with Crippen molar-refractivity contribution in [2.75, 3.05) is 24.5 Å². The van der Waals surface area contributed by atoms with E-state index in [0.29, 0.717) is 0 Å². The number of aromatic nitrogens is 2. The molecule has 5 rings (SSSR count). The minimum atomic E-state index is -0.179. The summed E-state index contributed by atoms with van der Waals surface area (Å²) in [6, 6.07) is 15.2. The van der Waals surface area contributed by atoms with Gasteiger partial charge in [0.1, 0.15) is 5.82 Å². The van der Waals surface area contributed by atoms with Gasteiger partial charge in [0.2, 0.25) is 0 Å². The molecule has 0 radical (unpaired) electrons. The smallest absolute Gasteiger partial charge is 0.123 e. The van der Waals surface area contributed by atoms with Gasteiger partial charge < -0.3 is 4.90 Å². The number of rotatable bonds is 4. The van der Waals surface area contributed by atoms with Crippen LogP contribution in [0.15, 0.2) is 67.1 Å². The van der Waals surface area contributed by atoms with Crippen LogP contribution >= 0.6 is 0 Å². The summed E-state index contributed by atoms with van der Waals surface area (Å²) < 4.78 is 13.2. The summed E-state index contributed by atoms with van der Waals surface area (Å²) in [5.74, 6) is -0.179. The zero-order chi connectivity index (χ0) is 19.0. The van der Waals surface area contributed by atoms with E-state index in [1.54, 1.807) is 12.1 Å². The fourth-order valence-corrected chi connectivity index (χ4v) is 4.70. The fraction of sp³-hybridized carbons (Fsp3) is 0.304. The molecule has 1 aromatic carbocycles. The van der Waals surface area contributed by atoms with Crippen molar-refractivity contribution in [3.8, 4) is 0 Å². The summed E-state index contributed by atoms with van der Waals surface area (Å²) in [5, 5.41) is 0. The molecule has 1 fully saturated rings. The van der Waals surface area contributed by atoms with Crippen LogP contribution in [0.5, 0.6) is 0 Å². The molecule has 0 saturated carbocycles. The lowest BCUT2D eigenvalue weighted by molar-refractivity contribution is 0.305. The summed E-state index contributed by atoms with van der Waals surface area (Å²) in [7, 11) is 0. The molecule has 0 N–H and O–H groups in total. The monoisotopic (exact) mass is 374 g/mol. The van der Waals surface area contributed by atoms with E-state index in [-0.39, 0.29) is 11.2 Å². The first kappa shape index (κ1) is 17.3. The van der Waals surface area contributed by atoms with E-state index in [9.17, 15) is 4.39 Å². The highest BCUT2D eigenvalue weighted by molar-refractivity contribution is 5.60. The van der Waals surface area contributed by atoms with Crippen LogP contribution in [0.3, 0.4) is 0 Å². The molecule has 0 bridgehead atoms. The maximum absolute atomic E-state index is 13.2. The molecule has 142 valence electrons. The Morgan fingerprint density at radius 3 is 2.61 bits per heavy atom. The molecule has 2 aliphatic rings. The number of likely N-dealkylation sites (tertiary alicyclic amines) is 1. The predicted octanol–water partition coefficient (Wildman–Crippen LogP) is 3.78. The normalized spacial score (nSPS) is 21.4. The lowest BCUT2D eigenvalue weighted by atomic mass is 9.85. The molecule has 4 heterocycles. The van der Waals surface area contributed by atoms with Gasteiger partial charge in [-0.05, 0) is 54.4 Å². The topological polar surface area (TPSA) is 32.3 Å². The van der Waals surface area contributed by atoms with Crippen LogP contribution in [-0.4, -0.2) is 34.5 Å². The molecule has 5 heteroatoms. The van der Waals surface area contributed by atoms with Gasteiger partial charge in [-0.2, -0.15) is 0 Å². The SMILES string of the molecule is Fc1ccc(CN2CC[C@]3(C2)CN(Cc2cccnc2)c2cccnc23)cc1. The van der Waals surface area contributed by atoms with Crippen molar-refractivity contribution in [2.45, 2.75) is 24.9 Å². The highest BCUT2D eigenvalue weighted by atomic mass is 19.1. The third-order valence-electron chi connectivity index (χ3n) is 5.97. The zero-order valence-electron chi connectivity index (χ0n) is 15.8. The van der Waals surface area contributed by atoms with Crippen LogP contribution < -0.4 is 4.90 Å². The van der Waals surface area contributed by atoms with Crippen molar-refractivity contribution in [1.82, 2.24) is 14.9 Å². The molecule has 0 amide bonds. The van der Waals surface area contributed by atoms with Crippen molar-refractivity contribution in [2.24, 2.45) is 0 Å². The summed E-state index contributed by atoms with van der Waals surface area (Å²) in [6.45, 7) is 4.71. The van der Waals surface area contributed by atoms with Gasteiger partial charge >= 0.3 is 0 Å². The predicted molar refractivity (Wildman–Crippen MR) is 107 cm³/mol. The Hall–Kier alpha value is -2.79. The Kier molecular flexibility index (Phi) is 4.32. The van der Waals surface area contributed by atoms with Crippen molar-refractivity contribution < 1.29 is 4.39 Å². The second-order valence-corrected chi connectivity index (χ2v) is 7.96. The quantitative estimate of drug-likeness (QED) is 0.696. The van der Waals surface area contributed by atoms with E-state index in [0.717, 1.165) is 44.7 Å². The first-order valence-electron chi connectivity index (χ1n) is 9.78. The van der Waals surface area contributed by atoms with Gasteiger partial charge in [-0.15, -0.1) is 0 Å². The number of hydrogen-bond donors (Lipinski definition) is 0. The van der Waals surface area contributed by atoms with E-state index >= 15 is 0 Å². The van der Waals surface area contributed by atoms with Gasteiger partial charge in [-0.1, -0.05) is 18.2 Å². The van der Waals surface area contributed by atoms with E-state index in [1.165, 1.54) is 16.9 Å². The largest absolute Gasteiger partial charge is 0.365 e. The van der Waals surface area contributed by atoms with Gasteiger partial charge in [0, 0.05) is 50.2 Å². The fourth-order valence-electron chi connectivity index (χ4n) is 4.70. The summed E-state index contributed by atoms with van der Waals surface area (Å²) in [4.78, 5) is 14.0. The van der Waals surface area contributed by atoms with Gasteiger partial charge in [0.05, 0.1) is 11.4 Å². The van der Waals surface area contributed by atoms with Crippen molar-refractivity contribution in [3.05, 3.63) is 89.8 Å². The lowest BCUT2D eigenvalue weighted by Gasteiger charge is -2.26. The maximum atomic E-state index is 13.2. The van der Waals surface area contributed by atoms with Gasteiger partial charge in [0.25, 0.3) is 0 Å². The van der Waals surface area contributed by atoms with Crippen LogP contribution in [0, 0.1) is 5.82 Å². The molecular formula is C23H23FN4. The Balaban J connectivity index is 1.37. The molecule has 1 saturated heterocycles. The zero-order valence-corrected chi connectivity index (χ0v) is 15.8. The lowest BCUT2D eigenvalue weighted by Crippen LogP contribution is -2.36. The van der Waals surface area contributed by atoms with Crippen molar-refractivity contribution in [3.63, 3.8) is 0 Å². The minimum absolute atomic E-state index is 0.0683. The number of benzene rings is 1. The minimum Gasteiger partial charge on any atom is -0.365 e. The molecule has 0 unspecified atom stereocenters. The van der Waals surface area contributed by atoms with Gasteiger partial charge in [-0.3, -0.25) is 14.9 Å². The molecule has 4 nitrogen and oxygen atoms in total.